The van der Waals surface area contributed by atoms with E-state index < -0.39 is 0 Å². The summed E-state index contributed by atoms with van der Waals surface area (Å²) in [6.45, 7) is 0. The van der Waals surface area contributed by atoms with Gasteiger partial charge in [-0.2, -0.15) is 0 Å². The van der Waals surface area contributed by atoms with Gasteiger partial charge in [-0.15, -0.1) is 3.89 Å². The molecule has 1 aromatic carbocycles. The Hall–Kier alpha value is -1.29. The third kappa shape index (κ3) is 1.23. The average Bonchev–Trinajstić information content (AvgIpc) is 2.60. The van der Waals surface area contributed by atoms with Crippen molar-refractivity contribution in [1.29, 1.82) is 0 Å². The van der Waals surface area contributed by atoms with Crippen molar-refractivity contribution in [3.05, 3.63) is 36.0 Å². The molecule has 0 bridgehead atoms. The van der Waals surface area contributed by atoms with Gasteiger partial charge >= 0.3 is 0 Å². The molecule has 13 heavy (non-hydrogen) atoms. The fourth-order valence-electron chi connectivity index (χ4n) is 1.33. The molecule has 4 heteroatoms. The van der Waals surface area contributed by atoms with E-state index in [0.717, 1.165) is 17.2 Å². The van der Waals surface area contributed by atoms with E-state index in [1.54, 1.807) is 30.5 Å². The predicted molar refractivity (Wildman–Crippen MR) is 51.4 cm³/mol. The van der Waals surface area contributed by atoms with E-state index in [1.165, 1.54) is 3.97 Å². The van der Waals surface area contributed by atoms with Crippen molar-refractivity contribution in [2.24, 2.45) is 0 Å². The van der Waals surface area contributed by atoms with Gasteiger partial charge in [0.1, 0.15) is 0 Å². The van der Waals surface area contributed by atoms with Gasteiger partial charge in [0.2, 0.25) is 0 Å². The summed E-state index contributed by atoms with van der Waals surface area (Å²) in [4.78, 5) is 10.6. The SMILES string of the molecule is O=Cc1cccc2c1ccn2SF. The van der Waals surface area contributed by atoms with Crippen molar-refractivity contribution >= 4 is 29.5 Å². The van der Waals surface area contributed by atoms with Gasteiger partial charge in [-0.1, -0.05) is 12.1 Å². The van der Waals surface area contributed by atoms with E-state index in [1.807, 2.05) is 0 Å². The zero-order valence-corrected chi connectivity index (χ0v) is 7.42. The van der Waals surface area contributed by atoms with Crippen LogP contribution in [0.4, 0.5) is 3.89 Å². The van der Waals surface area contributed by atoms with Crippen LogP contribution in [0.2, 0.25) is 0 Å². The number of benzene rings is 1. The van der Waals surface area contributed by atoms with Crippen LogP contribution in [0.5, 0.6) is 0 Å². The Morgan fingerprint density at radius 1 is 1.38 bits per heavy atom. The van der Waals surface area contributed by atoms with E-state index in [0.29, 0.717) is 5.56 Å². The average molecular weight is 195 g/mol. The number of hydrogen-bond acceptors (Lipinski definition) is 2. The Balaban J connectivity index is 2.79. The fourth-order valence-corrected chi connectivity index (χ4v) is 1.67. The molecular weight excluding hydrogens is 189 g/mol. The largest absolute Gasteiger partial charge is 0.298 e. The van der Waals surface area contributed by atoms with Gasteiger partial charge in [0.25, 0.3) is 0 Å². The first kappa shape index (κ1) is 8.31. The lowest BCUT2D eigenvalue weighted by Crippen LogP contribution is -1.82. The first-order valence-electron chi connectivity index (χ1n) is 3.71. The summed E-state index contributed by atoms with van der Waals surface area (Å²) in [5.74, 6) is 0. The number of carbonyl (C=O) groups excluding carboxylic acids is 1. The molecule has 0 radical (unpaired) electrons. The summed E-state index contributed by atoms with van der Waals surface area (Å²) in [7, 11) is 0. The topological polar surface area (TPSA) is 22.0 Å². The first-order valence-corrected chi connectivity index (χ1v) is 4.38. The summed E-state index contributed by atoms with van der Waals surface area (Å²) in [6, 6.07) is 6.95. The minimum Gasteiger partial charge on any atom is -0.298 e. The number of aldehydes is 1. The van der Waals surface area contributed by atoms with E-state index in [4.69, 9.17) is 0 Å². The van der Waals surface area contributed by atoms with Gasteiger partial charge in [0.05, 0.1) is 5.52 Å². The number of halogens is 1. The molecule has 0 amide bonds. The lowest BCUT2D eigenvalue weighted by Gasteiger charge is -1.96. The maximum Gasteiger partial charge on any atom is 0.169 e. The molecule has 0 fully saturated rings. The van der Waals surface area contributed by atoms with Gasteiger partial charge in [-0.05, 0) is 12.1 Å². The standard InChI is InChI=1S/C9H6FNOS/c10-13-11-5-4-8-7(6-12)2-1-3-9(8)11/h1-6H. The highest BCUT2D eigenvalue weighted by atomic mass is 32.2. The van der Waals surface area contributed by atoms with E-state index >= 15 is 0 Å². The number of hydrogen-bond donors (Lipinski definition) is 0. The maximum absolute atomic E-state index is 12.3. The molecule has 1 aromatic heterocycles. The van der Waals surface area contributed by atoms with Crippen LogP contribution in [0, 0.1) is 0 Å². The van der Waals surface area contributed by atoms with Crippen LogP contribution in [0.25, 0.3) is 10.9 Å². The van der Waals surface area contributed by atoms with Crippen molar-refractivity contribution in [1.82, 2.24) is 3.97 Å². The fraction of sp³-hybridized carbons (Fsp3) is 0. The van der Waals surface area contributed by atoms with E-state index in [-0.39, 0.29) is 12.3 Å². The maximum atomic E-state index is 12.3. The number of nitrogens with zero attached hydrogens (tertiary/aromatic N) is 1. The predicted octanol–water partition coefficient (Wildman–Crippen LogP) is 2.83. The molecule has 1 heterocycles. The summed E-state index contributed by atoms with van der Waals surface area (Å²) in [5, 5.41) is 0.780. The molecule has 2 rings (SSSR count). The van der Waals surface area contributed by atoms with Crippen LogP contribution < -0.4 is 0 Å². The molecule has 0 spiro atoms. The quantitative estimate of drug-likeness (QED) is 0.687. The van der Waals surface area contributed by atoms with Gasteiger partial charge in [-0.25, -0.2) is 0 Å². The first-order chi connectivity index (χ1) is 6.36. The zero-order chi connectivity index (χ0) is 9.26. The van der Waals surface area contributed by atoms with E-state index in [2.05, 4.69) is 0 Å². The Labute approximate surface area is 78.8 Å². The number of fused-ring (bicyclic) bond motifs is 1. The molecule has 0 atom stereocenters. The summed E-state index contributed by atoms with van der Waals surface area (Å²) >= 11 is 0.125. The second-order valence-corrected chi connectivity index (χ2v) is 3.14. The van der Waals surface area contributed by atoms with Crippen molar-refractivity contribution in [2.75, 3.05) is 0 Å². The lowest BCUT2D eigenvalue weighted by atomic mass is 10.1. The van der Waals surface area contributed by atoms with Crippen LogP contribution in [0.15, 0.2) is 30.5 Å². The minimum absolute atomic E-state index is 0.125. The second-order valence-electron chi connectivity index (χ2n) is 2.61. The highest BCUT2D eigenvalue weighted by molar-refractivity contribution is 7.92. The van der Waals surface area contributed by atoms with Crippen LogP contribution >= 0.6 is 12.3 Å². The van der Waals surface area contributed by atoms with Crippen LogP contribution in [-0.4, -0.2) is 10.3 Å². The Kier molecular flexibility index (Phi) is 2.06. The van der Waals surface area contributed by atoms with Crippen molar-refractivity contribution < 1.29 is 8.68 Å². The summed E-state index contributed by atoms with van der Waals surface area (Å²) in [6.07, 6.45) is 2.37. The molecule has 0 aliphatic rings. The smallest absolute Gasteiger partial charge is 0.169 e. The monoisotopic (exact) mass is 195 g/mol. The number of rotatable bonds is 2. The summed E-state index contributed by atoms with van der Waals surface area (Å²) in [5.41, 5.74) is 1.31. The van der Waals surface area contributed by atoms with Crippen LogP contribution in [-0.2, 0) is 0 Å². The molecule has 66 valence electrons. The van der Waals surface area contributed by atoms with Crippen molar-refractivity contribution in [3.8, 4) is 0 Å². The highest BCUT2D eigenvalue weighted by Crippen LogP contribution is 2.23. The lowest BCUT2D eigenvalue weighted by molar-refractivity contribution is 0.112. The molecule has 0 saturated carbocycles. The number of carbonyl (C=O) groups is 1. The van der Waals surface area contributed by atoms with Gasteiger partial charge in [0.15, 0.2) is 18.6 Å². The van der Waals surface area contributed by atoms with Gasteiger partial charge < -0.3 is 0 Å². The van der Waals surface area contributed by atoms with Crippen molar-refractivity contribution in [3.63, 3.8) is 0 Å². The van der Waals surface area contributed by atoms with E-state index in [9.17, 15) is 8.68 Å². The zero-order valence-electron chi connectivity index (χ0n) is 6.61. The molecule has 2 aromatic rings. The van der Waals surface area contributed by atoms with Gasteiger partial charge in [-0.3, -0.25) is 8.77 Å². The highest BCUT2D eigenvalue weighted by Gasteiger charge is 2.04. The molecule has 0 unspecified atom stereocenters. The van der Waals surface area contributed by atoms with Crippen LogP contribution in [0.3, 0.4) is 0 Å². The molecular formula is C9H6FNOS. The third-order valence-electron chi connectivity index (χ3n) is 1.93. The normalized spacial score (nSPS) is 10.5. The molecule has 2 nitrogen and oxygen atoms in total. The molecule has 0 N–H and O–H groups in total. The summed E-state index contributed by atoms with van der Waals surface area (Å²) < 4.78 is 13.7. The Bertz CT molecular complexity index is 452. The Morgan fingerprint density at radius 3 is 2.92 bits per heavy atom. The minimum atomic E-state index is 0.125. The molecule has 0 aliphatic heterocycles. The third-order valence-corrected chi connectivity index (χ3v) is 2.40. The second kappa shape index (κ2) is 3.22. The number of aromatic nitrogens is 1. The molecule has 0 aliphatic carbocycles. The van der Waals surface area contributed by atoms with Crippen molar-refractivity contribution in [2.45, 2.75) is 0 Å². The van der Waals surface area contributed by atoms with Crippen LogP contribution in [0.1, 0.15) is 10.4 Å². The molecule has 0 saturated heterocycles. The Morgan fingerprint density at radius 2 is 2.23 bits per heavy atom. The van der Waals surface area contributed by atoms with Gasteiger partial charge in [0, 0.05) is 17.1 Å².